The number of aromatic nitrogens is 3. The number of amides is 1. The van der Waals surface area contributed by atoms with Gasteiger partial charge in [-0.3, -0.25) is 4.79 Å². The molecule has 2 heterocycles. The average molecular weight is 339 g/mol. The maximum atomic E-state index is 13.2. The number of carbonyl (C=O) groups excluding carboxylic acids is 1. The van der Waals surface area contributed by atoms with E-state index in [1.54, 1.807) is 0 Å². The number of primary amides is 1. The Morgan fingerprint density at radius 1 is 1.29 bits per heavy atom. The molecule has 0 saturated heterocycles. The molecular weight excluding hydrogens is 327 g/mol. The number of anilines is 1. The van der Waals surface area contributed by atoms with E-state index in [0.717, 1.165) is 11.1 Å². The summed E-state index contributed by atoms with van der Waals surface area (Å²) in [6.45, 7) is 0.0573. The molecule has 126 valence electrons. The van der Waals surface area contributed by atoms with E-state index in [2.05, 4.69) is 15.4 Å². The molecule has 1 aromatic carbocycles. The largest absolute Gasteiger partial charge is 0.418 e. The van der Waals surface area contributed by atoms with Crippen molar-refractivity contribution in [3.63, 3.8) is 0 Å². The van der Waals surface area contributed by atoms with E-state index in [9.17, 15) is 18.0 Å². The molecule has 0 saturated carbocycles. The first-order valence-electron chi connectivity index (χ1n) is 6.76. The summed E-state index contributed by atoms with van der Waals surface area (Å²) in [4.78, 5) is 13.2. The molecule has 24 heavy (non-hydrogen) atoms. The molecule has 0 fully saturated rings. The van der Waals surface area contributed by atoms with E-state index in [-0.39, 0.29) is 12.4 Å². The number of halogens is 3. The predicted molar refractivity (Wildman–Crippen MR) is 77.3 cm³/mol. The van der Waals surface area contributed by atoms with Crippen molar-refractivity contribution < 1.29 is 18.0 Å². The summed E-state index contributed by atoms with van der Waals surface area (Å²) >= 11 is 0. The zero-order chi connectivity index (χ0) is 17.3. The minimum absolute atomic E-state index is 0.0573. The minimum atomic E-state index is -4.59. The van der Waals surface area contributed by atoms with Crippen LogP contribution < -0.4 is 10.7 Å². The van der Waals surface area contributed by atoms with Gasteiger partial charge in [0, 0.05) is 6.20 Å². The smallest absolute Gasteiger partial charge is 0.366 e. The second-order valence-corrected chi connectivity index (χ2v) is 4.96. The Hall–Kier alpha value is -3.11. The summed E-state index contributed by atoms with van der Waals surface area (Å²) in [5, 5.41) is 12.2. The van der Waals surface area contributed by atoms with Gasteiger partial charge in [0.1, 0.15) is 13.0 Å². The molecule has 1 atom stereocenters. The highest BCUT2D eigenvalue weighted by molar-refractivity contribution is 5.88. The number of alkyl halides is 3. The van der Waals surface area contributed by atoms with Crippen LogP contribution in [-0.4, -0.2) is 38.3 Å². The third-order valence-corrected chi connectivity index (χ3v) is 3.36. The van der Waals surface area contributed by atoms with Crippen LogP contribution in [0.15, 0.2) is 41.8 Å². The van der Waals surface area contributed by atoms with Gasteiger partial charge < -0.3 is 10.6 Å². The Balaban J connectivity index is 1.95. The lowest BCUT2D eigenvalue weighted by atomic mass is 10.1. The highest BCUT2D eigenvalue weighted by Crippen LogP contribution is 2.38. The molecule has 11 heteroatoms. The number of hydrazone groups is 1. The third-order valence-electron chi connectivity index (χ3n) is 3.36. The molecule has 0 bridgehead atoms. The van der Waals surface area contributed by atoms with E-state index in [1.165, 1.54) is 46.5 Å². The van der Waals surface area contributed by atoms with E-state index in [1.807, 2.05) is 0 Å². The Morgan fingerprint density at radius 3 is 2.67 bits per heavy atom. The Kier molecular flexibility index (Phi) is 3.83. The molecule has 1 unspecified atom stereocenters. The maximum absolute atomic E-state index is 13.2. The normalized spacial score (nSPS) is 17.5. The molecule has 1 aliphatic rings. The van der Waals surface area contributed by atoms with Crippen LogP contribution in [0.5, 0.6) is 0 Å². The molecule has 0 spiro atoms. The van der Waals surface area contributed by atoms with E-state index >= 15 is 0 Å². The summed E-state index contributed by atoms with van der Waals surface area (Å²) in [6.07, 6.45) is -1.59. The van der Waals surface area contributed by atoms with Gasteiger partial charge in [-0.25, -0.2) is 9.69 Å². The second kappa shape index (κ2) is 5.83. The number of nitrogens with two attached hydrogens (primary N) is 1. The zero-order valence-electron chi connectivity index (χ0n) is 12.1. The molecule has 2 aromatic rings. The summed E-state index contributed by atoms with van der Waals surface area (Å²) < 4.78 is 41.0. The van der Waals surface area contributed by atoms with Crippen molar-refractivity contribution in [2.45, 2.75) is 19.0 Å². The molecule has 0 aliphatic carbocycles. The zero-order valence-corrected chi connectivity index (χ0v) is 12.1. The first-order valence-corrected chi connectivity index (χ1v) is 6.76. The van der Waals surface area contributed by atoms with E-state index in [4.69, 9.17) is 5.73 Å². The summed E-state index contributed by atoms with van der Waals surface area (Å²) in [7, 11) is 0. The predicted octanol–water partition coefficient (Wildman–Crippen LogP) is 0.831. The van der Waals surface area contributed by atoms with E-state index < -0.39 is 23.8 Å². The van der Waals surface area contributed by atoms with Gasteiger partial charge in [-0.1, -0.05) is 17.3 Å². The first kappa shape index (κ1) is 15.8. The van der Waals surface area contributed by atoms with Crippen molar-refractivity contribution in [1.82, 2.24) is 19.9 Å². The first-order chi connectivity index (χ1) is 11.4. The minimum Gasteiger partial charge on any atom is -0.366 e. The van der Waals surface area contributed by atoms with Crippen LogP contribution in [0.4, 0.5) is 18.9 Å². The number of para-hydroxylation sites is 1. The van der Waals surface area contributed by atoms with Gasteiger partial charge in [-0.05, 0) is 12.1 Å². The molecule has 1 aromatic heterocycles. The monoisotopic (exact) mass is 339 g/mol. The second-order valence-electron chi connectivity index (χ2n) is 4.96. The van der Waals surface area contributed by atoms with Crippen LogP contribution in [0.1, 0.15) is 5.56 Å². The Morgan fingerprint density at radius 2 is 2.04 bits per heavy atom. The number of benzene rings is 1. The van der Waals surface area contributed by atoms with Crippen LogP contribution in [0.3, 0.4) is 0 Å². The van der Waals surface area contributed by atoms with Crippen molar-refractivity contribution in [3.05, 3.63) is 42.2 Å². The van der Waals surface area contributed by atoms with Gasteiger partial charge in [0.05, 0.1) is 17.4 Å². The Bertz CT molecular complexity index is 759. The fourth-order valence-electron chi connectivity index (χ4n) is 2.37. The highest BCUT2D eigenvalue weighted by atomic mass is 19.4. The van der Waals surface area contributed by atoms with Gasteiger partial charge in [0.25, 0.3) is 5.91 Å². The quantitative estimate of drug-likeness (QED) is 0.891. The van der Waals surface area contributed by atoms with Gasteiger partial charge >= 0.3 is 6.18 Å². The molecule has 8 nitrogen and oxygen atoms in total. The SMILES string of the molecule is NC(=O)C1N(Cn2ccnn2)C=NN1c1ccccc1C(F)(F)F. The lowest BCUT2D eigenvalue weighted by Gasteiger charge is -2.29. The fraction of sp³-hybridized carbons (Fsp3) is 0.231. The lowest BCUT2D eigenvalue weighted by molar-refractivity contribution is -0.137. The average Bonchev–Trinajstić information content (AvgIpc) is 3.16. The van der Waals surface area contributed by atoms with Crippen LogP contribution in [0.25, 0.3) is 0 Å². The van der Waals surface area contributed by atoms with Crippen molar-refractivity contribution in [1.29, 1.82) is 0 Å². The number of hydrogen-bond donors (Lipinski definition) is 1. The summed E-state index contributed by atoms with van der Waals surface area (Å²) in [6, 6.07) is 4.84. The topological polar surface area (TPSA) is 92.6 Å². The van der Waals surface area contributed by atoms with Crippen molar-refractivity contribution in [3.8, 4) is 0 Å². The van der Waals surface area contributed by atoms with Crippen molar-refractivity contribution >= 4 is 17.9 Å². The maximum Gasteiger partial charge on any atom is 0.418 e. The number of carbonyl (C=O) groups is 1. The van der Waals surface area contributed by atoms with E-state index in [0.29, 0.717) is 0 Å². The van der Waals surface area contributed by atoms with Crippen LogP contribution in [0, 0.1) is 0 Å². The summed E-state index contributed by atoms with van der Waals surface area (Å²) in [5.74, 6) is -0.843. The molecule has 0 radical (unpaired) electrons. The van der Waals surface area contributed by atoms with Crippen LogP contribution in [0.2, 0.25) is 0 Å². The third kappa shape index (κ3) is 2.87. The molecular formula is C13H12F3N7O. The fourth-order valence-corrected chi connectivity index (χ4v) is 2.37. The summed E-state index contributed by atoms with van der Waals surface area (Å²) in [5.41, 5.74) is 4.21. The molecule has 2 N–H and O–H groups in total. The molecule has 3 rings (SSSR count). The van der Waals surface area contributed by atoms with Crippen LogP contribution >= 0.6 is 0 Å². The lowest BCUT2D eigenvalue weighted by Crippen LogP contribution is -2.50. The Labute approximate surface area is 133 Å². The van der Waals surface area contributed by atoms with Gasteiger partial charge in [-0.2, -0.15) is 18.3 Å². The van der Waals surface area contributed by atoms with Gasteiger partial charge in [0.2, 0.25) is 6.17 Å². The van der Waals surface area contributed by atoms with Crippen LogP contribution in [-0.2, 0) is 17.6 Å². The highest BCUT2D eigenvalue weighted by Gasteiger charge is 2.40. The van der Waals surface area contributed by atoms with Crippen molar-refractivity contribution in [2.24, 2.45) is 10.8 Å². The number of hydrogen-bond acceptors (Lipinski definition) is 6. The number of rotatable bonds is 4. The molecule has 1 amide bonds. The molecule has 1 aliphatic heterocycles. The number of nitrogens with zero attached hydrogens (tertiary/aromatic N) is 6. The van der Waals surface area contributed by atoms with Gasteiger partial charge in [0.15, 0.2) is 0 Å². The van der Waals surface area contributed by atoms with Crippen molar-refractivity contribution in [2.75, 3.05) is 5.01 Å². The standard InChI is InChI=1S/C13H12F3N7O/c14-13(15,16)9-3-1-2-4-10(9)23-12(11(17)24)21(7-19-23)8-22-6-5-18-20-22/h1-7,12H,8H2,(H2,17,24). The van der Waals surface area contributed by atoms with Gasteiger partial charge in [-0.15, -0.1) is 5.10 Å².